The second kappa shape index (κ2) is 6.79. The van der Waals surface area contributed by atoms with Crippen LogP contribution in [0.5, 0.6) is 11.5 Å². The van der Waals surface area contributed by atoms with Crippen molar-refractivity contribution in [2.75, 3.05) is 13.8 Å². The van der Waals surface area contributed by atoms with Gasteiger partial charge in [-0.2, -0.15) is 0 Å². The van der Waals surface area contributed by atoms with E-state index in [9.17, 15) is 4.79 Å². The first-order chi connectivity index (χ1) is 12.2. The molecule has 0 N–H and O–H groups in total. The summed E-state index contributed by atoms with van der Waals surface area (Å²) in [4.78, 5) is 14.4. The van der Waals surface area contributed by atoms with Gasteiger partial charge in [-0.1, -0.05) is 24.3 Å². The van der Waals surface area contributed by atoms with Gasteiger partial charge in [-0.15, -0.1) is 0 Å². The summed E-state index contributed by atoms with van der Waals surface area (Å²) in [6.07, 6.45) is 5.31. The van der Waals surface area contributed by atoms with Crippen LogP contribution in [0.1, 0.15) is 35.1 Å². The maximum Gasteiger partial charge on any atom is 0.231 e. The zero-order chi connectivity index (χ0) is 17.2. The van der Waals surface area contributed by atoms with Crippen LogP contribution in [-0.2, 0) is 30.6 Å². The van der Waals surface area contributed by atoms with E-state index in [1.807, 2.05) is 25.2 Å². The van der Waals surface area contributed by atoms with Gasteiger partial charge >= 0.3 is 0 Å². The number of likely N-dealkylation sites (N-methyl/N-ethyl adjacent to an activating group) is 1. The van der Waals surface area contributed by atoms with Crippen molar-refractivity contribution in [3.63, 3.8) is 0 Å². The van der Waals surface area contributed by atoms with Gasteiger partial charge in [0.2, 0.25) is 12.7 Å². The lowest BCUT2D eigenvalue weighted by atomic mass is 9.90. The second-order valence-electron chi connectivity index (χ2n) is 6.92. The summed E-state index contributed by atoms with van der Waals surface area (Å²) < 4.78 is 10.7. The third-order valence-corrected chi connectivity index (χ3v) is 5.05. The van der Waals surface area contributed by atoms with Crippen molar-refractivity contribution < 1.29 is 14.3 Å². The van der Waals surface area contributed by atoms with E-state index in [0.717, 1.165) is 29.0 Å². The van der Waals surface area contributed by atoms with E-state index in [4.69, 9.17) is 9.47 Å². The molecule has 4 rings (SSSR count). The van der Waals surface area contributed by atoms with Crippen LogP contribution >= 0.6 is 0 Å². The number of amides is 1. The van der Waals surface area contributed by atoms with Crippen LogP contribution in [0.2, 0.25) is 0 Å². The predicted octanol–water partition coefficient (Wildman–Crippen LogP) is 3.50. The molecule has 0 atom stereocenters. The van der Waals surface area contributed by atoms with Crippen molar-refractivity contribution in [2.45, 2.75) is 38.6 Å². The number of hydrogen-bond donors (Lipinski definition) is 0. The van der Waals surface area contributed by atoms with Gasteiger partial charge in [0.05, 0.1) is 6.42 Å². The minimum absolute atomic E-state index is 0.133. The summed E-state index contributed by atoms with van der Waals surface area (Å²) in [7, 11) is 1.85. The zero-order valence-electron chi connectivity index (χ0n) is 14.6. The van der Waals surface area contributed by atoms with Gasteiger partial charge in [-0.3, -0.25) is 4.79 Å². The number of rotatable bonds is 4. The number of nitrogens with zero attached hydrogens (tertiary/aromatic N) is 1. The first-order valence-corrected chi connectivity index (χ1v) is 8.92. The molecule has 0 bridgehead atoms. The summed E-state index contributed by atoms with van der Waals surface area (Å²) in [6, 6.07) is 12.4. The third kappa shape index (κ3) is 3.48. The lowest BCUT2D eigenvalue weighted by molar-refractivity contribution is -0.129. The molecule has 0 radical (unpaired) electrons. The molecule has 1 amide bonds. The molecule has 1 aliphatic carbocycles. The first kappa shape index (κ1) is 16.0. The molecule has 2 aromatic carbocycles. The number of fused-ring (bicyclic) bond motifs is 2. The van der Waals surface area contributed by atoms with Gasteiger partial charge in [-0.05, 0) is 60.1 Å². The van der Waals surface area contributed by atoms with Gasteiger partial charge in [-0.25, -0.2) is 0 Å². The Morgan fingerprint density at radius 2 is 1.72 bits per heavy atom. The Morgan fingerprint density at radius 3 is 2.60 bits per heavy atom. The molecule has 25 heavy (non-hydrogen) atoms. The molecule has 2 aromatic rings. The highest BCUT2D eigenvalue weighted by molar-refractivity contribution is 5.78. The highest BCUT2D eigenvalue weighted by Crippen LogP contribution is 2.32. The van der Waals surface area contributed by atoms with Crippen LogP contribution in [-0.4, -0.2) is 24.6 Å². The maximum atomic E-state index is 12.6. The highest BCUT2D eigenvalue weighted by atomic mass is 16.7. The lowest BCUT2D eigenvalue weighted by Gasteiger charge is -2.19. The topological polar surface area (TPSA) is 38.8 Å². The number of aryl methyl sites for hydroxylation is 2. The molecular weight excluding hydrogens is 314 g/mol. The SMILES string of the molecule is CN(Cc1ccc2c(c1)OCO2)C(=O)Cc1ccc2c(c1)CCCC2. The van der Waals surface area contributed by atoms with E-state index < -0.39 is 0 Å². The van der Waals surface area contributed by atoms with Crippen LogP contribution in [0, 0.1) is 0 Å². The van der Waals surface area contributed by atoms with Crippen molar-refractivity contribution in [3.8, 4) is 11.5 Å². The molecule has 0 aromatic heterocycles. The highest BCUT2D eigenvalue weighted by Gasteiger charge is 2.16. The van der Waals surface area contributed by atoms with Crippen molar-refractivity contribution in [1.82, 2.24) is 4.90 Å². The minimum Gasteiger partial charge on any atom is -0.454 e. The molecule has 4 heteroatoms. The van der Waals surface area contributed by atoms with Crippen LogP contribution in [0.25, 0.3) is 0 Å². The van der Waals surface area contributed by atoms with Crippen molar-refractivity contribution in [3.05, 3.63) is 58.7 Å². The van der Waals surface area contributed by atoms with Gasteiger partial charge < -0.3 is 14.4 Å². The van der Waals surface area contributed by atoms with E-state index in [0.29, 0.717) is 13.0 Å². The van der Waals surface area contributed by atoms with Crippen LogP contribution in [0.15, 0.2) is 36.4 Å². The summed E-state index contributed by atoms with van der Waals surface area (Å²) in [5.74, 6) is 1.66. The molecule has 2 aliphatic rings. The van der Waals surface area contributed by atoms with Crippen LogP contribution in [0.4, 0.5) is 0 Å². The summed E-state index contributed by atoms with van der Waals surface area (Å²) in [5, 5.41) is 0. The van der Waals surface area contributed by atoms with Crippen molar-refractivity contribution in [2.24, 2.45) is 0 Å². The van der Waals surface area contributed by atoms with Gasteiger partial charge in [0, 0.05) is 13.6 Å². The Kier molecular flexibility index (Phi) is 4.35. The maximum absolute atomic E-state index is 12.6. The number of ether oxygens (including phenoxy) is 2. The summed E-state index contributed by atoms with van der Waals surface area (Å²) in [5.41, 5.74) is 5.04. The number of benzene rings is 2. The van der Waals surface area contributed by atoms with E-state index in [-0.39, 0.29) is 12.7 Å². The molecule has 1 heterocycles. The quantitative estimate of drug-likeness (QED) is 0.857. The Balaban J connectivity index is 1.40. The van der Waals surface area contributed by atoms with Crippen LogP contribution < -0.4 is 9.47 Å². The van der Waals surface area contributed by atoms with E-state index in [1.54, 1.807) is 4.90 Å². The largest absolute Gasteiger partial charge is 0.454 e. The fraction of sp³-hybridized carbons (Fsp3) is 0.381. The summed E-state index contributed by atoms with van der Waals surface area (Å²) in [6.45, 7) is 0.840. The predicted molar refractivity (Wildman–Crippen MR) is 95.8 cm³/mol. The van der Waals surface area contributed by atoms with Crippen molar-refractivity contribution >= 4 is 5.91 Å². The molecule has 130 valence electrons. The Bertz CT molecular complexity index is 800. The molecule has 1 aliphatic heterocycles. The second-order valence-corrected chi connectivity index (χ2v) is 6.92. The first-order valence-electron chi connectivity index (χ1n) is 8.92. The Morgan fingerprint density at radius 1 is 0.960 bits per heavy atom. The number of carbonyl (C=O) groups is 1. The smallest absolute Gasteiger partial charge is 0.231 e. The molecular formula is C21H23NO3. The summed E-state index contributed by atoms with van der Waals surface area (Å²) >= 11 is 0. The Hall–Kier alpha value is -2.49. The third-order valence-electron chi connectivity index (χ3n) is 5.05. The number of hydrogen-bond acceptors (Lipinski definition) is 3. The van der Waals surface area contributed by atoms with E-state index >= 15 is 0 Å². The van der Waals surface area contributed by atoms with E-state index in [1.165, 1.54) is 30.4 Å². The molecule has 0 saturated carbocycles. The number of carbonyl (C=O) groups excluding carboxylic acids is 1. The Labute approximate surface area is 148 Å². The molecule has 0 fully saturated rings. The van der Waals surface area contributed by atoms with Gasteiger partial charge in [0.15, 0.2) is 11.5 Å². The zero-order valence-corrected chi connectivity index (χ0v) is 14.6. The monoisotopic (exact) mass is 337 g/mol. The molecule has 0 unspecified atom stereocenters. The minimum atomic E-state index is 0.133. The van der Waals surface area contributed by atoms with E-state index in [2.05, 4.69) is 18.2 Å². The average molecular weight is 337 g/mol. The van der Waals surface area contributed by atoms with Gasteiger partial charge in [0.1, 0.15) is 0 Å². The average Bonchev–Trinajstić information content (AvgIpc) is 3.09. The van der Waals surface area contributed by atoms with Crippen molar-refractivity contribution in [1.29, 1.82) is 0 Å². The normalized spacial score (nSPS) is 14.9. The fourth-order valence-corrected chi connectivity index (χ4v) is 3.61. The standard InChI is InChI=1S/C21H23NO3/c1-22(13-16-7-9-19-20(11-16)25-14-24-19)21(23)12-15-6-8-17-4-2-3-5-18(17)10-15/h6-11H,2-5,12-14H2,1H3. The molecule has 4 nitrogen and oxygen atoms in total. The lowest BCUT2D eigenvalue weighted by Crippen LogP contribution is -2.27. The molecule has 0 spiro atoms. The fourth-order valence-electron chi connectivity index (χ4n) is 3.61. The molecule has 0 saturated heterocycles. The van der Waals surface area contributed by atoms with Gasteiger partial charge in [0.25, 0.3) is 0 Å². The van der Waals surface area contributed by atoms with Crippen LogP contribution in [0.3, 0.4) is 0 Å².